The smallest absolute Gasteiger partial charge is 0.210 e. The fraction of sp³-hybridized carbons (Fsp3) is 0.650. The molecule has 0 unspecified atom stereocenters. The molecule has 0 spiro atoms. The molecule has 152 valence electrons. The molecule has 0 radical (unpaired) electrons. The van der Waals surface area contributed by atoms with E-state index in [1.165, 1.54) is 11.3 Å². The third-order valence-corrected chi connectivity index (χ3v) is 13.2. The first-order valence-corrected chi connectivity index (χ1v) is 15.1. The maximum atomic E-state index is 13.1. The minimum atomic E-state index is -3.47. The molecule has 7 heteroatoms. The van der Waals surface area contributed by atoms with E-state index in [2.05, 4.69) is 45.8 Å². The van der Waals surface area contributed by atoms with Crippen LogP contribution in [0.15, 0.2) is 28.6 Å². The number of hydrogen-bond donors (Lipinski definition) is 0. The number of fused-ring (bicyclic) bond motifs is 1. The first-order valence-electron chi connectivity index (χ1n) is 9.72. The largest absolute Gasteiger partial charge is 0.413 e. The molecule has 2 rings (SSSR count). The zero-order valence-corrected chi connectivity index (χ0v) is 20.0. The van der Waals surface area contributed by atoms with Gasteiger partial charge in [-0.2, -0.15) is 0 Å². The number of hydrogen-bond acceptors (Lipinski definition) is 5. The summed E-state index contributed by atoms with van der Waals surface area (Å²) in [5.41, 5.74) is 0.744. The van der Waals surface area contributed by atoms with E-state index < -0.39 is 18.2 Å². The van der Waals surface area contributed by atoms with E-state index in [9.17, 15) is 8.42 Å². The second kappa shape index (κ2) is 8.72. The van der Waals surface area contributed by atoms with Gasteiger partial charge in [-0.25, -0.2) is 13.4 Å². The van der Waals surface area contributed by atoms with E-state index in [0.29, 0.717) is 0 Å². The lowest BCUT2D eigenvalue weighted by atomic mass is 10.1. The predicted octanol–water partition coefficient (Wildman–Crippen LogP) is 6.04. The van der Waals surface area contributed by atoms with E-state index in [0.717, 1.165) is 35.9 Å². The van der Waals surface area contributed by atoms with Gasteiger partial charge in [0.05, 0.1) is 22.1 Å². The number of rotatable bonds is 9. The van der Waals surface area contributed by atoms with Crippen molar-refractivity contribution in [2.75, 3.05) is 5.75 Å². The third kappa shape index (κ3) is 5.86. The van der Waals surface area contributed by atoms with Crippen molar-refractivity contribution >= 4 is 39.7 Å². The molecular formula is C20H33NO3S2Si. The summed E-state index contributed by atoms with van der Waals surface area (Å²) in [4.78, 5) is 4.37. The Bertz CT molecular complexity index is 820. The highest BCUT2D eigenvalue weighted by molar-refractivity contribution is 7.93. The van der Waals surface area contributed by atoms with E-state index in [-0.39, 0.29) is 21.2 Å². The maximum Gasteiger partial charge on any atom is 0.210 e. The molecule has 1 heterocycles. The van der Waals surface area contributed by atoms with Crippen LogP contribution in [-0.4, -0.2) is 33.6 Å². The Balaban J connectivity index is 2.24. The molecular weight excluding hydrogens is 394 g/mol. The molecule has 4 nitrogen and oxygen atoms in total. The average molecular weight is 428 g/mol. The third-order valence-electron chi connectivity index (χ3n) is 5.34. The molecule has 0 fully saturated rings. The average Bonchev–Trinajstić information content (AvgIpc) is 2.98. The summed E-state index contributed by atoms with van der Waals surface area (Å²) in [6.45, 7) is 13.1. The normalized spacial score (nSPS) is 14.6. The molecule has 0 saturated carbocycles. The number of para-hydroxylation sites is 1. The molecule has 0 aliphatic rings. The minimum Gasteiger partial charge on any atom is -0.413 e. The van der Waals surface area contributed by atoms with Gasteiger partial charge in [-0.1, -0.05) is 59.1 Å². The van der Waals surface area contributed by atoms with Gasteiger partial charge in [0.1, 0.15) is 0 Å². The van der Waals surface area contributed by atoms with Crippen LogP contribution in [0.5, 0.6) is 0 Å². The Morgan fingerprint density at radius 3 is 2.44 bits per heavy atom. The summed E-state index contributed by atoms with van der Waals surface area (Å²) >= 11 is 1.25. The van der Waals surface area contributed by atoms with E-state index in [1.807, 2.05) is 24.3 Å². The van der Waals surface area contributed by atoms with Gasteiger partial charge in [-0.05, 0) is 36.7 Å². The van der Waals surface area contributed by atoms with Gasteiger partial charge in [-0.3, -0.25) is 0 Å². The minimum absolute atomic E-state index is 0.0169. The highest BCUT2D eigenvalue weighted by atomic mass is 32.2. The van der Waals surface area contributed by atoms with Crippen LogP contribution >= 0.6 is 11.3 Å². The molecule has 1 atom stereocenters. The summed E-state index contributed by atoms with van der Waals surface area (Å²) < 4.78 is 33.8. The van der Waals surface area contributed by atoms with Crippen molar-refractivity contribution in [1.29, 1.82) is 0 Å². The van der Waals surface area contributed by atoms with Crippen molar-refractivity contribution in [2.24, 2.45) is 0 Å². The first kappa shape index (κ1) is 22.5. The van der Waals surface area contributed by atoms with Gasteiger partial charge in [0.2, 0.25) is 14.2 Å². The van der Waals surface area contributed by atoms with Gasteiger partial charge in [0.25, 0.3) is 0 Å². The molecule has 1 aromatic carbocycles. The lowest BCUT2D eigenvalue weighted by Gasteiger charge is -2.39. The monoisotopic (exact) mass is 427 g/mol. The van der Waals surface area contributed by atoms with Crippen LogP contribution in [0.25, 0.3) is 10.2 Å². The summed E-state index contributed by atoms with van der Waals surface area (Å²) in [6, 6.07) is 7.56. The summed E-state index contributed by atoms with van der Waals surface area (Å²) in [7, 11) is -5.51. The molecule has 0 saturated heterocycles. The topological polar surface area (TPSA) is 56.3 Å². The van der Waals surface area contributed by atoms with Gasteiger partial charge in [0, 0.05) is 0 Å². The summed E-state index contributed by atoms with van der Waals surface area (Å²) in [6.07, 6.45) is 3.71. The van der Waals surface area contributed by atoms with Crippen LogP contribution in [0.1, 0.15) is 53.4 Å². The fourth-order valence-corrected chi connectivity index (χ4v) is 6.98. The predicted molar refractivity (Wildman–Crippen MR) is 118 cm³/mol. The Kier molecular flexibility index (Phi) is 7.27. The fourth-order valence-electron chi connectivity index (χ4n) is 2.69. The molecule has 2 aromatic rings. The molecule has 1 aromatic heterocycles. The summed E-state index contributed by atoms with van der Waals surface area (Å²) in [5, 5.41) is 0.0512. The highest BCUT2D eigenvalue weighted by Gasteiger charge is 2.40. The van der Waals surface area contributed by atoms with Crippen molar-refractivity contribution in [3.8, 4) is 0 Å². The molecule has 0 bridgehead atoms. The Morgan fingerprint density at radius 1 is 1.19 bits per heavy atom. The number of benzene rings is 1. The second-order valence-corrected chi connectivity index (χ2v) is 16.7. The highest BCUT2D eigenvalue weighted by Crippen LogP contribution is 2.38. The molecule has 0 aliphatic carbocycles. The molecule has 27 heavy (non-hydrogen) atoms. The zero-order valence-electron chi connectivity index (χ0n) is 17.4. The van der Waals surface area contributed by atoms with Gasteiger partial charge in [-0.15, -0.1) is 11.3 Å². The number of unbranched alkanes of at least 4 members (excludes halogenated alkanes) is 2. The number of nitrogens with zero attached hydrogens (tertiary/aromatic N) is 1. The Morgan fingerprint density at radius 2 is 1.85 bits per heavy atom. The second-order valence-electron chi connectivity index (χ2n) is 8.72. The van der Waals surface area contributed by atoms with Gasteiger partial charge >= 0.3 is 0 Å². The molecule has 0 aliphatic heterocycles. The van der Waals surface area contributed by atoms with Crippen LogP contribution in [0, 0.1) is 0 Å². The van der Waals surface area contributed by atoms with E-state index >= 15 is 0 Å². The summed E-state index contributed by atoms with van der Waals surface area (Å²) in [5.74, 6) is 0.0169. The van der Waals surface area contributed by atoms with Crippen LogP contribution in [0.2, 0.25) is 18.1 Å². The van der Waals surface area contributed by atoms with Crippen LogP contribution < -0.4 is 0 Å². The quantitative estimate of drug-likeness (QED) is 0.361. The van der Waals surface area contributed by atoms with Crippen molar-refractivity contribution in [2.45, 2.75) is 82.0 Å². The van der Waals surface area contributed by atoms with Crippen LogP contribution in [-0.2, 0) is 14.3 Å². The van der Waals surface area contributed by atoms with Crippen LogP contribution in [0.4, 0.5) is 0 Å². The van der Waals surface area contributed by atoms with Gasteiger partial charge < -0.3 is 4.43 Å². The SMILES string of the molecule is CCCCC[C@@H](CS(=O)(=O)c1nc2ccccc2s1)O[Si](C)(C)C(C)(C)C. The number of sulfone groups is 1. The standard InChI is InChI=1S/C20H33NO3S2Si/c1-7-8-9-12-16(24-27(5,6)20(2,3)4)15-26(22,23)19-21-17-13-10-11-14-18(17)25-19/h10-11,13-14,16H,7-9,12,15H2,1-6H3/t16-/m0/s1. The van der Waals surface area contributed by atoms with Crippen molar-refractivity contribution in [1.82, 2.24) is 4.98 Å². The molecule has 0 N–H and O–H groups in total. The van der Waals surface area contributed by atoms with E-state index in [4.69, 9.17) is 4.43 Å². The Hall–Kier alpha value is -0.763. The zero-order chi connectivity index (χ0) is 20.3. The number of aromatic nitrogens is 1. The lowest BCUT2D eigenvalue weighted by Crippen LogP contribution is -2.45. The lowest BCUT2D eigenvalue weighted by molar-refractivity contribution is 0.187. The Labute approximate surface area is 169 Å². The van der Waals surface area contributed by atoms with Gasteiger partial charge in [0.15, 0.2) is 8.32 Å². The first-order chi connectivity index (χ1) is 12.5. The van der Waals surface area contributed by atoms with Crippen LogP contribution in [0.3, 0.4) is 0 Å². The van der Waals surface area contributed by atoms with Crippen molar-refractivity contribution < 1.29 is 12.8 Å². The van der Waals surface area contributed by atoms with Crippen molar-refractivity contribution in [3.05, 3.63) is 24.3 Å². The molecule has 0 amide bonds. The number of thiazole rings is 1. The van der Waals surface area contributed by atoms with E-state index in [1.54, 1.807) is 0 Å². The van der Waals surface area contributed by atoms with Crippen molar-refractivity contribution in [3.63, 3.8) is 0 Å². The maximum absolute atomic E-state index is 13.1.